The van der Waals surface area contributed by atoms with E-state index in [0.29, 0.717) is 22.1 Å². The molecule has 0 aliphatic heterocycles. The monoisotopic (exact) mass is 347 g/mol. The highest BCUT2D eigenvalue weighted by Crippen LogP contribution is 2.17. The molecule has 0 heterocycles. The first-order valence-corrected chi connectivity index (χ1v) is 7.63. The first kappa shape index (κ1) is 17.8. The minimum atomic E-state index is -0.562. The Labute approximate surface area is 145 Å². The fourth-order valence-corrected chi connectivity index (χ4v) is 2.08. The number of hydrogen-bond donors (Lipinski definition) is 3. The quantitative estimate of drug-likeness (QED) is 0.766. The van der Waals surface area contributed by atoms with Gasteiger partial charge in [-0.1, -0.05) is 23.7 Å². The molecule has 6 nitrogen and oxygen atoms in total. The van der Waals surface area contributed by atoms with E-state index in [9.17, 15) is 9.59 Å². The van der Waals surface area contributed by atoms with Crippen LogP contribution in [0.4, 0.5) is 21.9 Å². The molecular formula is C17H18ClN3O3. The molecular weight excluding hydrogens is 330 g/mol. The molecule has 2 aromatic carbocycles. The molecule has 0 aromatic heterocycles. The van der Waals surface area contributed by atoms with Crippen LogP contribution in [0.15, 0.2) is 48.5 Å². The van der Waals surface area contributed by atoms with Crippen molar-refractivity contribution in [2.45, 2.75) is 13.0 Å². The smallest absolute Gasteiger partial charge is 0.323 e. The maximum atomic E-state index is 12.0. The van der Waals surface area contributed by atoms with Crippen molar-refractivity contribution in [3.8, 4) is 0 Å². The van der Waals surface area contributed by atoms with Crippen LogP contribution in [0.1, 0.15) is 6.92 Å². The number of amides is 3. The highest BCUT2D eigenvalue weighted by atomic mass is 35.5. The highest BCUT2D eigenvalue weighted by molar-refractivity contribution is 6.30. The van der Waals surface area contributed by atoms with Crippen LogP contribution in [0.2, 0.25) is 5.02 Å². The predicted octanol–water partition coefficient (Wildman–Crippen LogP) is 3.96. The van der Waals surface area contributed by atoms with Crippen LogP contribution < -0.4 is 16.0 Å². The molecule has 7 heteroatoms. The summed E-state index contributed by atoms with van der Waals surface area (Å²) in [5, 5.41) is 8.61. The molecule has 0 bridgehead atoms. The number of urea groups is 1. The molecule has 0 aliphatic rings. The van der Waals surface area contributed by atoms with Gasteiger partial charge >= 0.3 is 6.03 Å². The molecule has 126 valence electrons. The minimum Gasteiger partial charge on any atom is -0.372 e. The lowest BCUT2D eigenvalue weighted by atomic mass is 10.2. The second kappa shape index (κ2) is 8.33. The van der Waals surface area contributed by atoms with E-state index >= 15 is 0 Å². The van der Waals surface area contributed by atoms with Crippen molar-refractivity contribution in [1.82, 2.24) is 0 Å². The van der Waals surface area contributed by atoms with E-state index in [4.69, 9.17) is 16.3 Å². The van der Waals surface area contributed by atoms with E-state index in [2.05, 4.69) is 16.0 Å². The molecule has 0 unspecified atom stereocenters. The van der Waals surface area contributed by atoms with Crippen molar-refractivity contribution in [2.24, 2.45) is 0 Å². The lowest BCUT2D eigenvalue weighted by Gasteiger charge is -2.12. The average molecular weight is 348 g/mol. The molecule has 3 N–H and O–H groups in total. The number of anilines is 3. The van der Waals surface area contributed by atoms with Crippen molar-refractivity contribution in [3.63, 3.8) is 0 Å². The summed E-state index contributed by atoms with van der Waals surface area (Å²) in [4.78, 5) is 23.8. The van der Waals surface area contributed by atoms with Gasteiger partial charge in [0.15, 0.2) is 0 Å². The van der Waals surface area contributed by atoms with Gasteiger partial charge in [-0.3, -0.25) is 4.79 Å². The maximum absolute atomic E-state index is 12.0. The standard InChI is InChI=1S/C17H18ClN3O3/c1-11(24-2)16(22)19-14-7-4-8-15(10-14)21-17(23)20-13-6-3-5-12(18)9-13/h3-11H,1-2H3,(H,19,22)(H2,20,21,23)/t11-/m1/s1. The zero-order valence-corrected chi connectivity index (χ0v) is 14.1. The van der Waals surface area contributed by atoms with E-state index in [-0.39, 0.29) is 5.91 Å². The lowest BCUT2D eigenvalue weighted by molar-refractivity contribution is -0.124. The number of carbonyl (C=O) groups is 2. The van der Waals surface area contributed by atoms with Crippen LogP contribution in [0.5, 0.6) is 0 Å². The second-order valence-electron chi connectivity index (χ2n) is 5.04. The van der Waals surface area contributed by atoms with Gasteiger partial charge in [0.2, 0.25) is 0 Å². The summed E-state index contributed by atoms with van der Waals surface area (Å²) in [7, 11) is 1.46. The normalized spacial score (nSPS) is 11.5. The zero-order chi connectivity index (χ0) is 17.5. The Morgan fingerprint density at radius 1 is 0.958 bits per heavy atom. The van der Waals surface area contributed by atoms with E-state index in [1.807, 2.05) is 0 Å². The van der Waals surface area contributed by atoms with E-state index < -0.39 is 12.1 Å². The van der Waals surface area contributed by atoms with Crippen molar-refractivity contribution in [2.75, 3.05) is 23.1 Å². The van der Waals surface area contributed by atoms with Gasteiger partial charge in [0.25, 0.3) is 5.91 Å². The van der Waals surface area contributed by atoms with Gasteiger partial charge in [0.1, 0.15) is 6.10 Å². The first-order chi connectivity index (χ1) is 11.5. The summed E-state index contributed by atoms with van der Waals surface area (Å²) in [5.74, 6) is -0.266. The van der Waals surface area contributed by atoms with Gasteiger partial charge in [0.05, 0.1) is 0 Å². The number of hydrogen-bond acceptors (Lipinski definition) is 3. The average Bonchev–Trinajstić information content (AvgIpc) is 2.54. The topological polar surface area (TPSA) is 79.5 Å². The Morgan fingerprint density at radius 3 is 2.08 bits per heavy atom. The number of nitrogens with one attached hydrogen (secondary N) is 3. The summed E-state index contributed by atoms with van der Waals surface area (Å²) in [6.07, 6.45) is -0.562. The molecule has 0 spiro atoms. The van der Waals surface area contributed by atoms with Crippen molar-refractivity contribution < 1.29 is 14.3 Å². The molecule has 0 saturated heterocycles. The number of rotatable bonds is 5. The summed E-state index contributed by atoms with van der Waals surface area (Å²) in [5.41, 5.74) is 1.68. The molecule has 2 aromatic rings. The molecule has 1 atom stereocenters. The Kier molecular flexibility index (Phi) is 6.17. The van der Waals surface area contributed by atoms with Crippen LogP contribution in [0.3, 0.4) is 0 Å². The number of methoxy groups -OCH3 is 1. The van der Waals surface area contributed by atoms with Crippen molar-refractivity contribution in [3.05, 3.63) is 53.6 Å². The third-order valence-electron chi connectivity index (χ3n) is 3.19. The van der Waals surface area contributed by atoms with Gasteiger partial charge < -0.3 is 20.7 Å². The number of benzene rings is 2. The summed E-state index contributed by atoms with van der Waals surface area (Å²) < 4.78 is 4.95. The molecule has 0 radical (unpaired) electrons. The second-order valence-corrected chi connectivity index (χ2v) is 5.47. The zero-order valence-electron chi connectivity index (χ0n) is 13.3. The van der Waals surface area contributed by atoms with Crippen LogP contribution >= 0.6 is 11.6 Å². The molecule has 0 fully saturated rings. The number of halogens is 1. The lowest BCUT2D eigenvalue weighted by Crippen LogP contribution is -2.26. The number of carbonyl (C=O) groups excluding carboxylic acids is 2. The van der Waals surface area contributed by atoms with Crippen LogP contribution in [0, 0.1) is 0 Å². The minimum absolute atomic E-state index is 0.266. The Morgan fingerprint density at radius 2 is 1.50 bits per heavy atom. The van der Waals surface area contributed by atoms with Gasteiger partial charge in [-0.05, 0) is 43.3 Å². The maximum Gasteiger partial charge on any atom is 0.323 e. The fourth-order valence-electron chi connectivity index (χ4n) is 1.89. The predicted molar refractivity (Wildman–Crippen MR) is 95.6 cm³/mol. The molecule has 24 heavy (non-hydrogen) atoms. The number of ether oxygens (including phenoxy) is 1. The third-order valence-corrected chi connectivity index (χ3v) is 3.43. The fraction of sp³-hybridized carbons (Fsp3) is 0.176. The van der Waals surface area contributed by atoms with Gasteiger partial charge in [-0.25, -0.2) is 4.79 Å². The summed E-state index contributed by atoms with van der Waals surface area (Å²) >= 11 is 5.87. The molecule has 0 saturated carbocycles. The SMILES string of the molecule is CO[C@H](C)C(=O)Nc1cccc(NC(=O)Nc2cccc(Cl)c2)c1. The van der Waals surface area contributed by atoms with Gasteiger partial charge in [-0.2, -0.15) is 0 Å². The molecule has 0 aliphatic carbocycles. The van der Waals surface area contributed by atoms with Gasteiger partial charge in [0, 0.05) is 29.2 Å². The summed E-state index contributed by atoms with van der Waals surface area (Å²) in [6, 6.07) is 13.2. The Balaban J connectivity index is 1.98. The molecule has 3 amide bonds. The van der Waals surface area contributed by atoms with Crippen molar-refractivity contribution >= 4 is 40.6 Å². The van der Waals surface area contributed by atoms with Crippen LogP contribution in [-0.4, -0.2) is 25.2 Å². The van der Waals surface area contributed by atoms with Gasteiger partial charge in [-0.15, -0.1) is 0 Å². The summed E-state index contributed by atoms with van der Waals surface area (Å²) in [6.45, 7) is 1.65. The van der Waals surface area contributed by atoms with Crippen LogP contribution in [0.25, 0.3) is 0 Å². The van der Waals surface area contributed by atoms with E-state index in [1.165, 1.54) is 7.11 Å². The Bertz CT molecular complexity index is 737. The third kappa shape index (κ3) is 5.26. The van der Waals surface area contributed by atoms with Crippen molar-refractivity contribution in [1.29, 1.82) is 0 Å². The highest BCUT2D eigenvalue weighted by Gasteiger charge is 2.12. The first-order valence-electron chi connectivity index (χ1n) is 7.25. The van der Waals surface area contributed by atoms with E-state index in [0.717, 1.165) is 0 Å². The Hall–Kier alpha value is -2.57. The molecule has 2 rings (SSSR count). The largest absolute Gasteiger partial charge is 0.372 e. The van der Waals surface area contributed by atoms with Crippen LogP contribution in [-0.2, 0) is 9.53 Å². The van der Waals surface area contributed by atoms with E-state index in [1.54, 1.807) is 55.5 Å².